The zero-order chi connectivity index (χ0) is 11.5. The van der Waals surface area contributed by atoms with Crippen molar-refractivity contribution in [3.8, 4) is 0 Å². The van der Waals surface area contributed by atoms with Gasteiger partial charge in [0.1, 0.15) is 0 Å². The molecule has 0 bridgehead atoms. The molecule has 1 N–H and O–H groups in total. The Balaban J connectivity index is 2.61. The van der Waals surface area contributed by atoms with E-state index in [1.54, 1.807) is 0 Å². The number of aromatic nitrogens is 1. The topological polar surface area (TPSA) is 15.8 Å². The molecule has 0 fully saturated rings. The summed E-state index contributed by atoms with van der Waals surface area (Å²) in [6, 6.07) is 8.27. The van der Waals surface area contributed by atoms with Gasteiger partial charge >= 0.3 is 0 Å². The van der Waals surface area contributed by atoms with Gasteiger partial charge in [-0.25, -0.2) is 0 Å². The molecule has 0 saturated carbocycles. The van der Waals surface area contributed by atoms with Crippen LogP contribution in [0.4, 0.5) is 0 Å². The van der Waals surface area contributed by atoms with E-state index in [9.17, 15) is 0 Å². The van der Waals surface area contributed by atoms with Gasteiger partial charge in [-0.15, -0.1) is 0 Å². The lowest BCUT2D eigenvalue weighted by molar-refractivity contribution is 0.787. The second kappa shape index (κ2) is 4.79. The summed E-state index contributed by atoms with van der Waals surface area (Å²) < 4.78 is 1.03. The summed E-state index contributed by atoms with van der Waals surface area (Å²) in [5.74, 6) is 0. The molecule has 16 heavy (non-hydrogen) atoms. The zero-order valence-electron chi connectivity index (χ0n) is 9.84. The molecule has 2 rings (SSSR count). The third-order valence-corrected chi connectivity index (χ3v) is 3.47. The maximum atomic E-state index is 5.57. The van der Waals surface area contributed by atoms with Gasteiger partial charge in [0.15, 0.2) is 0 Å². The summed E-state index contributed by atoms with van der Waals surface area (Å²) in [5.41, 5.74) is 3.68. The minimum absolute atomic E-state index is 1.03. The Kier molecular flexibility index (Phi) is 3.39. The number of para-hydroxylation sites is 1. The highest BCUT2D eigenvalue weighted by Crippen LogP contribution is 2.20. The molecule has 0 unspecified atom stereocenters. The van der Waals surface area contributed by atoms with Gasteiger partial charge in [0.2, 0.25) is 0 Å². The van der Waals surface area contributed by atoms with Crippen LogP contribution >= 0.6 is 12.2 Å². The van der Waals surface area contributed by atoms with Crippen molar-refractivity contribution in [3.63, 3.8) is 0 Å². The third-order valence-electron chi connectivity index (χ3n) is 3.00. The Hall–Kier alpha value is -1.15. The first-order valence-electron chi connectivity index (χ1n) is 5.84. The van der Waals surface area contributed by atoms with Crippen LogP contribution in [0.2, 0.25) is 0 Å². The highest BCUT2D eigenvalue weighted by Gasteiger charge is 2.05. The fourth-order valence-electron chi connectivity index (χ4n) is 2.06. The lowest BCUT2D eigenvalue weighted by atomic mass is 10.0. The average molecular weight is 231 g/mol. The van der Waals surface area contributed by atoms with Gasteiger partial charge in [0.05, 0.1) is 4.51 Å². The van der Waals surface area contributed by atoms with Gasteiger partial charge in [0, 0.05) is 16.6 Å². The number of H-pyrrole nitrogens is 1. The molecule has 0 aliphatic carbocycles. The van der Waals surface area contributed by atoms with E-state index in [1.807, 2.05) is 12.1 Å². The fourth-order valence-corrected chi connectivity index (χ4v) is 2.49. The van der Waals surface area contributed by atoms with Crippen LogP contribution in [0.5, 0.6) is 0 Å². The summed E-state index contributed by atoms with van der Waals surface area (Å²) in [7, 11) is 0. The van der Waals surface area contributed by atoms with E-state index in [4.69, 9.17) is 12.2 Å². The second-order valence-electron chi connectivity index (χ2n) is 4.21. The predicted molar refractivity (Wildman–Crippen MR) is 72.5 cm³/mol. The standard InChI is InChI=1S/C14H17NS/c1-3-4-7-11-10(2)15-13-9-6-5-8-12(13)14(11)16/h5-6,8-9H,3-4,7H2,1-2H3,(H,15,16). The minimum atomic E-state index is 1.03. The number of pyridine rings is 1. The largest absolute Gasteiger partial charge is 0.358 e. The zero-order valence-corrected chi connectivity index (χ0v) is 10.7. The molecule has 0 spiro atoms. The van der Waals surface area contributed by atoms with Gasteiger partial charge in [-0.1, -0.05) is 43.8 Å². The Morgan fingerprint density at radius 2 is 2.00 bits per heavy atom. The predicted octanol–water partition coefficient (Wildman–Crippen LogP) is 4.55. The molecule has 0 radical (unpaired) electrons. The average Bonchev–Trinajstić information content (AvgIpc) is 2.29. The first kappa shape index (κ1) is 11.3. The van der Waals surface area contributed by atoms with Crippen LogP contribution in [0.3, 0.4) is 0 Å². The smallest absolute Gasteiger partial charge is 0.0519 e. The van der Waals surface area contributed by atoms with E-state index in [0.29, 0.717) is 0 Å². The van der Waals surface area contributed by atoms with Crippen molar-refractivity contribution in [2.24, 2.45) is 0 Å². The lowest BCUT2D eigenvalue weighted by Gasteiger charge is -2.08. The maximum absolute atomic E-state index is 5.57. The summed E-state index contributed by atoms with van der Waals surface area (Å²) in [6.07, 6.45) is 3.50. The number of benzene rings is 1. The van der Waals surface area contributed by atoms with Crippen LogP contribution in [-0.4, -0.2) is 4.98 Å². The van der Waals surface area contributed by atoms with Crippen molar-refractivity contribution in [2.45, 2.75) is 33.1 Å². The summed E-state index contributed by atoms with van der Waals surface area (Å²) in [4.78, 5) is 3.44. The Morgan fingerprint density at radius 1 is 1.25 bits per heavy atom. The molecule has 1 nitrogen and oxygen atoms in total. The van der Waals surface area contributed by atoms with Crippen molar-refractivity contribution in [1.29, 1.82) is 0 Å². The number of rotatable bonds is 3. The number of hydrogen-bond donors (Lipinski definition) is 1. The van der Waals surface area contributed by atoms with Crippen LogP contribution < -0.4 is 0 Å². The van der Waals surface area contributed by atoms with E-state index < -0.39 is 0 Å². The van der Waals surface area contributed by atoms with Gasteiger partial charge in [0.25, 0.3) is 0 Å². The van der Waals surface area contributed by atoms with Crippen molar-refractivity contribution in [1.82, 2.24) is 4.98 Å². The van der Waals surface area contributed by atoms with Crippen molar-refractivity contribution in [2.75, 3.05) is 0 Å². The molecular formula is C14H17NS. The van der Waals surface area contributed by atoms with E-state index in [-0.39, 0.29) is 0 Å². The van der Waals surface area contributed by atoms with Gasteiger partial charge in [-0.3, -0.25) is 0 Å². The van der Waals surface area contributed by atoms with Crippen LogP contribution in [0, 0.1) is 11.4 Å². The number of hydrogen-bond acceptors (Lipinski definition) is 1. The van der Waals surface area contributed by atoms with Crippen LogP contribution in [0.25, 0.3) is 10.9 Å². The molecule has 0 amide bonds. The van der Waals surface area contributed by atoms with E-state index in [1.165, 1.54) is 29.5 Å². The first-order chi connectivity index (χ1) is 7.74. The highest BCUT2D eigenvalue weighted by molar-refractivity contribution is 7.71. The molecule has 1 aromatic carbocycles. The number of aryl methyl sites for hydroxylation is 1. The lowest BCUT2D eigenvalue weighted by Crippen LogP contribution is -1.96. The van der Waals surface area contributed by atoms with Crippen LogP contribution in [0.15, 0.2) is 24.3 Å². The van der Waals surface area contributed by atoms with Gasteiger partial charge in [-0.2, -0.15) is 0 Å². The molecule has 2 heteroatoms. The molecule has 1 heterocycles. The summed E-state index contributed by atoms with van der Waals surface area (Å²) in [5, 5.41) is 1.18. The summed E-state index contributed by atoms with van der Waals surface area (Å²) >= 11 is 5.57. The third kappa shape index (κ3) is 2.03. The number of unbranched alkanes of at least 4 members (excludes halogenated alkanes) is 1. The quantitative estimate of drug-likeness (QED) is 0.766. The number of nitrogens with one attached hydrogen (secondary N) is 1. The molecule has 0 saturated heterocycles. The molecule has 1 aromatic heterocycles. The molecule has 0 atom stereocenters. The first-order valence-corrected chi connectivity index (χ1v) is 6.25. The van der Waals surface area contributed by atoms with E-state index in [2.05, 4.69) is 31.0 Å². The van der Waals surface area contributed by atoms with Crippen LogP contribution in [0.1, 0.15) is 31.0 Å². The van der Waals surface area contributed by atoms with E-state index in [0.717, 1.165) is 16.4 Å². The van der Waals surface area contributed by atoms with Crippen molar-refractivity contribution >= 4 is 23.1 Å². The second-order valence-corrected chi connectivity index (χ2v) is 4.62. The molecule has 84 valence electrons. The Morgan fingerprint density at radius 3 is 2.75 bits per heavy atom. The fraction of sp³-hybridized carbons (Fsp3) is 0.357. The summed E-state index contributed by atoms with van der Waals surface area (Å²) in [6.45, 7) is 4.33. The van der Waals surface area contributed by atoms with Gasteiger partial charge < -0.3 is 4.98 Å². The highest BCUT2D eigenvalue weighted by atomic mass is 32.1. The number of aromatic amines is 1. The molecule has 0 aliphatic rings. The SMILES string of the molecule is CCCCc1c(C)[nH]c2ccccc2c1=S. The normalized spacial score (nSPS) is 10.9. The minimum Gasteiger partial charge on any atom is -0.358 e. The van der Waals surface area contributed by atoms with Crippen LogP contribution in [-0.2, 0) is 6.42 Å². The van der Waals surface area contributed by atoms with Crippen molar-refractivity contribution in [3.05, 3.63) is 40.0 Å². The monoisotopic (exact) mass is 231 g/mol. The Labute approximate surface area is 102 Å². The Bertz CT molecular complexity index is 554. The number of fused-ring (bicyclic) bond motifs is 1. The molecule has 2 aromatic rings. The molecular weight excluding hydrogens is 214 g/mol. The van der Waals surface area contributed by atoms with Crippen molar-refractivity contribution < 1.29 is 0 Å². The maximum Gasteiger partial charge on any atom is 0.0519 e. The van der Waals surface area contributed by atoms with Gasteiger partial charge in [-0.05, 0) is 31.4 Å². The van der Waals surface area contributed by atoms with E-state index >= 15 is 0 Å². The molecule has 0 aliphatic heterocycles.